The predicted molar refractivity (Wildman–Crippen MR) is 259 cm³/mol. The second-order valence-corrected chi connectivity index (χ2v) is 17.5. The van der Waals surface area contributed by atoms with E-state index in [1.165, 1.54) is 154 Å². The van der Waals surface area contributed by atoms with Crippen LogP contribution in [0.1, 0.15) is 258 Å². The van der Waals surface area contributed by atoms with Gasteiger partial charge >= 0.3 is 5.97 Å². The van der Waals surface area contributed by atoms with Gasteiger partial charge in [-0.25, -0.2) is 0 Å². The van der Waals surface area contributed by atoms with Gasteiger partial charge in [-0.15, -0.1) is 0 Å². The van der Waals surface area contributed by atoms with Crippen molar-refractivity contribution in [3.63, 3.8) is 0 Å². The van der Waals surface area contributed by atoms with Gasteiger partial charge in [-0.05, 0) is 83.5 Å². The average Bonchev–Trinajstić information content (AvgIpc) is 3.25. The lowest BCUT2D eigenvalue weighted by atomic mass is 10.0. The molecule has 0 aromatic carbocycles. The summed E-state index contributed by atoms with van der Waals surface area (Å²) in [5.74, 6) is -0.172. The number of aliphatic hydroxyl groups is 2. The van der Waals surface area contributed by atoms with Crippen LogP contribution in [-0.4, -0.2) is 47.4 Å². The molecule has 0 aliphatic rings. The zero-order valence-electron chi connectivity index (χ0n) is 39.7. The van der Waals surface area contributed by atoms with Gasteiger partial charge in [-0.3, -0.25) is 9.59 Å². The maximum absolute atomic E-state index is 12.4. The number of aliphatic hydroxyl groups excluding tert-OH is 2. The molecule has 0 radical (unpaired) electrons. The van der Waals surface area contributed by atoms with Gasteiger partial charge in [0.25, 0.3) is 0 Å². The summed E-state index contributed by atoms with van der Waals surface area (Å²) >= 11 is 0. The van der Waals surface area contributed by atoms with Crippen molar-refractivity contribution in [3.8, 4) is 0 Å². The fraction of sp³-hybridized carbons (Fsp3) is 0.815. The molecule has 3 N–H and O–H groups in total. The van der Waals surface area contributed by atoms with E-state index in [2.05, 4.69) is 55.6 Å². The molecule has 2 unspecified atom stereocenters. The average molecular weight is 842 g/mol. The van der Waals surface area contributed by atoms with Crippen LogP contribution in [0.3, 0.4) is 0 Å². The van der Waals surface area contributed by atoms with Crippen molar-refractivity contribution in [2.75, 3.05) is 13.2 Å². The van der Waals surface area contributed by atoms with Crippen LogP contribution in [0.2, 0.25) is 0 Å². The van der Waals surface area contributed by atoms with Gasteiger partial charge in [0.2, 0.25) is 5.91 Å². The largest absolute Gasteiger partial charge is 0.466 e. The number of esters is 1. The number of nitrogens with one attached hydrogen (secondary N) is 1. The second kappa shape index (κ2) is 49.5. The topological polar surface area (TPSA) is 95.9 Å². The Kier molecular flexibility index (Phi) is 47.7. The molecule has 0 aliphatic heterocycles. The molecule has 60 heavy (non-hydrogen) atoms. The summed E-state index contributed by atoms with van der Waals surface area (Å²) in [7, 11) is 0. The number of rotatable bonds is 47. The second-order valence-electron chi connectivity index (χ2n) is 17.5. The van der Waals surface area contributed by atoms with Crippen molar-refractivity contribution in [3.05, 3.63) is 48.6 Å². The van der Waals surface area contributed by atoms with E-state index in [9.17, 15) is 19.8 Å². The van der Waals surface area contributed by atoms with Crippen molar-refractivity contribution in [2.45, 2.75) is 270 Å². The van der Waals surface area contributed by atoms with E-state index in [1.54, 1.807) is 6.08 Å². The van der Waals surface area contributed by atoms with Crippen molar-refractivity contribution in [2.24, 2.45) is 0 Å². The molecular weight excluding hydrogens is 743 g/mol. The summed E-state index contributed by atoms with van der Waals surface area (Å²) in [6, 6.07) is -0.666. The van der Waals surface area contributed by atoms with Crippen molar-refractivity contribution >= 4 is 11.9 Å². The first-order chi connectivity index (χ1) is 29.5. The number of hydrogen-bond acceptors (Lipinski definition) is 5. The number of unbranched alkanes of at least 4 members (excludes halogenated alkanes) is 30. The molecule has 0 heterocycles. The zero-order chi connectivity index (χ0) is 43.7. The van der Waals surface area contributed by atoms with Crippen LogP contribution >= 0.6 is 0 Å². The Hall–Kier alpha value is -2.18. The molecule has 0 spiro atoms. The van der Waals surface area contributed by atoms with E-state index in [-0.39, 0.29) is 18.5 Å². The summed E-state index contributed by atoms with van der Waals surface area (Å²) in [5, 5.41) is 23.0. The first-order valence-corrected chi connectivity index (χ1v) is 25.9. The zero-order valence-corrected chi connectivity index (χ0v) is 39.7. The van der Waals surface area contributed by atoms with Gasteiger partial charge < -0.3 is 20.3 Å². The fourth-order valence-corrected chi connectivity index (χ4v) is 7.55. The maximum Gasteiger partial charge on any atom is 0.305 e. The first-order valence-electron chi connectivity index (χ1n) is 25.9. The monoisotopic (exact) mass is 842 g/mol. The van der Waals surface area contributed by atoms with Gasteiger partial charge in [-0.1, -0.05) is 210 Å². The molecule has 0 bridgehead atoms. The first kappa shape index (κ1) is 57.8. The predicted octanol–water partition coefficient (Wildman–Crippen LogP) is 15.5. The molecule has 1 amide bonds. The highest BCUT2D eigenvalue weighted by molar-refractivity contribution is 5.76. The Morgan fingerprint density at radius 2 is 0.850 bits per heavy atom. The van der Waals surface area contributed by atoms with Crippen LogP contribution in [0.4, 0.5) is 0 Å². The van der Waals surface area contributed by atoms with E-state index in [4.69, 9.17) is 4.74 Å². The molecule has 0 rings (SSSR count). The lowest BCUT2D eigenvalue weighted by molar-refractivity contribution is -0.143. The van der Waals surface area contributed by atoms with Crippen molar-refractivity contribution < 1.29 is 24.5 Å². The highest BCUT2D eigenvalue weighted by atomic mass is 16.5. The van der Waals surface area contributed by atoms with Crippen LogP contribution in [0.5, 0.6) is 0 Å². The number of allylic oxidation sites excluding steroid dienone is 7. The molecule has 6 nitrogen and oxygen atoms in total. The van der Waals surface area contributed by atoms with Gasteiger partial charge in [0.05, 0.1) is 25.4 Å². The van der Waals surface area contributed by atoms with E-state index in [0.29, 0.717) is 19.4 Å². The third-order valence-corrected chi connectivity index (χ3v) is 11.6. The fourth-order valence-electron chi connectivity index (χ4n) is 7.55. The van der Waals surface area contributed by atoms with Gasteiger partial charge in [0, 0.05) is 12.8 Å². The highest BCUT2D eigenvalue weighted by Gasteiger charge is 2.17. The Morgan fingerprint density at radius 3 is 1.35 bits per heavy atom. The quantitative estimate of drug-likeness (QED) is 0.0322. The molecule has 0 saturated heterocycles. The smallest absolute Gasteiger partial charge is 0.305 e. The summed E-state index contributed by atoms with van der Waals surface area (Å²) in [6.45, 7) is 4.78. The standard InChI is InChI=1S/C54H99NO5/c1-3-5-7-9-11-13-15-17-19-20-21-22-24-26-28-32-36-40-44-48-54(59)60-49-45-41-37-33-29-31-35-39-43-47-53(58)55-51(50-56)52(57)46-42-38-34-30-27-25-23-18-16-14-12-10-8-6-4-2/h11,13,17,19,31,35,42,46,51-52,56-57H,3-10,12,14-16,18,20-30,32-34,36-41,43-45,47-50H2,1-2H3,(H,55,58)/b13-11-,19-17-,35-31-,46-42+. The minimum Gasteiger partial charge on any atom is -0.466 e. The minimum absolute atomic E-state index is 0.0426. The Morgan fingerprint density at radius 1 is 0.467 bits per heavy atom. The molecule has 2 atom stereocenters. The van der Waals surface area contributed by atoms with Gasteiger partial charge in [0.15, 0.2) is 0 Å². The lowest BCUT2D eigenvalue weighted by Gasteiger charge is -2.19. The Labute approximate surface area is 372 Å². The van der Waals surface area contributed by atoms with E-state index in [1.807, 2.05) is 6.08 Å². The van der Waals surface area contributed by atoms with Crippen LogP contribution < -0.4 is 5.32 Å². The third kappa shape index (κ3) is 45.3. The summed E-state index contributed by atoms with van der Waals surface area (Å²) in [5.41, 5.74) is 0. The molecule has 0 fully saturated rings. The maximum atomic E-state index is 12.4. The van der Waals surface area contributed by atoms with Crippen molar-refractivity contribution in [1.29, 1.82) is 0 Å². The number of carbonyl (C=O) groups is 2. The lowest BCUT2D eigenvalue weighted by Crippen LogP contribution is -2.45. The summed E-state index contributed by atoms with van der Waals surface area (Å²) < 4.78 is 5.45. The molecule has 0 aromatic rings. The number of hydrogen-bond donors (Lipinski definition) is 3. The summed E-state index contributed by atoms with van der Waals surface area (Å²) in [4.78, 5) is 24.5. The summed E-state index contributed by atoms with van der Waals surface area (Å²) in [6.07, 6.45) is 61.2. The third-order valence-electron chi connectivity index (χ3n) is 11.6. The molecule has 0 saturated carbocycles. The highest BCUT2D eigenvalue weighted by Crippen LogP contribution is 2.15. The number of amides is 1. The van der Waals surface area contributed by atoms with Crippen molar-refractivity contribution in [1.82, 2.24) is 5.32 Å². The Balaban J connectivity index is 3.57. The normalized spacial score (nSPS) is 13.1. The van der Waals surface area contributed by atoms with Crippen LogP contribution in [-0.2, 0) is 14.3 Å². The van der Waals surface area contributed by atoms with Crippen LogP contribution in [0.15, 0.2) is 48.6 Å². The van der Waals surface area contributed by atoms with Gasteiger partial charge in [0.1, 0.15) is 0 Å². The van der Waals surface area contributed by atoms with Crippen LogP contribution in [0.25, 0.3) is 0 Å². The molecule has 350 valence electrons. The van der Waals surface area contributed by atoms with E-state index < -0.39 is 12.1 Å². The Bertz CT molecular complexity index is 1020. The SMILES string of the molecule is CCCCC/C=C\C/C=C\CCCCCCCCCCCC(=O)OCCCCCC/C=C\CCCC(=O)NC(CO)C(O)/C=C/CCCCCCCCCCCCCCC. The molecule has 0 aliphatic carbocycles. The molecular formula is C54H99NO5. The van der Waals surface area contributed by atoms with Gasteiger partial charge in [-0.2, -0.15) is 0 Å². The number of carbonyl (C=O) groups excluding carboxylic acids is 2. The molecule has 0 aromatic heterocycles. The van der Waals surface area contributed by atoms with Crippen LogP contribution in [0, 0.1) is 0 Å². The molecule has 6 heteroatoms. The van der Waals surface area contributed by atoms with E-state index in [0.717, 1.165) is 77.0 Å². The number of ether oxygens (including phenoxy) is 1. The minimum atomic E-state index is -0.876. The van der Waals surface area contributed by atoms with E-state index >= 15 is 0 Å².